The molecule has 1 aromatic carbocycles. The van der Waals surface area contributed by atoms with Crippen LogP contribution < -0.4 is 10.6 Å². The molecule has 0 aliphatic rings. The van der Waals surface area contributed by atoms with Crippen LogP contribution in [0.5, 0.6) is 0 Å². The van der Waals surface area contributed by atoms with Gasteiger partial charge in [0.05, 0.1) is 30.6 Å². The Morgan fingerprint density at radius 3 is 2.71 bits per heavy atom. The number of nitrogens with two attached hydrogens (primary N) is 1. The van der Waals surface area contributed by atoms with E-state index in [-0.39, 0.29) is 0 Å². The number of nitriles is 1. The first-order valence-electron chi connectivity index (χ1n) is 6.64. The lowest BCUT2D eigenvalue weighted by atomic mass is 10.2. The van der Waals surface area contributed by atoms with Crippen molar-refractivity contribution < 1.29 is 0 Å². The molecule has 6 heteroatoms. The van der Waals surface area contributed by atoms with Gasteiger partial charge in [-0.15, -0.1) is 0 Å². The lowest BCUT2D eigenvalue weighted by molar-refractivity contribution is 0.896. The zero-order valence-corrected chi connectivity index (χ0v) is 12.2. The SMILES string of the molecule is Cc1cn(N=Cc2ccc(N(C)CCC#N)cc2)c(N)n1. The minimum Gasteiger partial charge on any atom is -0.374 e. The highest BCUT2D eigenvalue weighted by atomic mass is 15.4. The highest BCUT2D eigenvalue weighted by Crippen LogP contribution is 2.13. The summed E-state index contributed by atoms with van der Waals surface area (Å²) in [6, 6.07) is 10.1. The number of imidazole rings is 1. The Kier molecular flexibility index (Phi) is 4.57. The van der Waals surface area contributed by atoms with Gasteiger partial charge >= 0.3 is 0 Å². The number of hydrogen-bond donors (Lipinski definition) is 1. The second-order valence-electron chi connectivity index (χ2n) is 4.75. The van der Waals surface area contributed by atoms with E-state index in [2.05, 4.69) is 16.2 Å². The van der Waals surface area contributed by atoms with Crippen molar-refractivity contribution in [3.63, 3.8) is 0 Å². The zero-order valence-electron chi connectivity index (χ0n) is 12.2. The van der Waals surface area contributed by atoms with Crippen LogP contribution in [0.15, 0.2) is 35.6 Å². The summed E-state index contributed by atoms with van der Waals surface area (Å²) in [6.45, 7) is 2.59. The average molecular weight is 282 g/mol. The summed E-state index contributed by atoms with van der Waals surface area (Å²) in [6.07, 6.45) is 4.02. The zero-order chi connectivity index (χ0) is 15.2. The van der Waals surface area contributed by atoms with Crippen LogP contribution in [0.25, 0.3) is 0 Å². The van der Waals surface area contributed by atoms with E-state index in [1.807, 2.05) is 43.1 Å². The van der Waals surface area contributed by atoms with Gasteiger partial charge in [0.2, 0.25) is 5.95 Å². The molecule has 6 nitrogen and oxygen atoms in total. The molecular formula is C15H18N6. The van der Waals surface area contributed by atoms with Crippen molar-refractivity contribution in [2.75, 3.05) is 24.2 Å². The van der Waals surface area contributed by atoms with Crippen molar-refractivity contribution in [2.24, 2.45) is 5.10 Å². The molecule has 2 rings (SSSR count). The van der Waals surface area contributed by atoms with Crippen LogP contribution in [-0.2, 0) is 0 Å². The molecule has 0 amide bonds. The number of hydrogen-bond acceptors (Lipinski definition) is 5. The Hall–Kier alpha value is -2.81. The average Bonchev–Trinajstić information content (AvgIpc) is 2.81. The van der Waals surface area contributed by atoms with Crippen LogP contribution in [0.4, 0.5) is 11.6 Å². The largest absolute Gasteiger partial charge is 0.374 e. The molecule has 0 bridgehead atoms. The standard InChI is InChI=1S/C15H18N6/c1-12-11-21(15(17)19-12)18-10-13-4-6-14(7-5-13)20(2)9-3-8-16/h4-7,10-11H,3,9H2,1-2H3,(H2,17,19). The number of aromatic nitrogens is 2. The molecule has 0 aliphatic carbocycles. The van der Waals surface area contributed by atoms with E-state index in [0.717, 1.165) is 23.5 Å². The molecule has 2 aromatic rings. The summed E-state index contributed by atoms with van der Waals surface area (Å²) < 4.78 is 1.54. The maximum absolute atomic E-state index is 8.60. The number of nitrogen functional groups attached to an aromatic ring is 1. The fourth-order valence-corrected chi connectivity index (χ4v) is 1.89. The smallest absolute Gasteiger partial charge is 0.221 e. The fraction of sp³-hybridized carbons (Fsp3) is 0.267. The number of benzene rings is 1. The topological polar surface area (TPSA) is 83.2 Å². The van der Waals surface area contributed by atoms with Gasteiger partial charge in [-0.05, 0) is 24.6 Å². The molecule has 0 spiro atoms. The van der Waals surface area contributed by atoms with Gasteiger partial charge < -0.3 is 10.6 Å². The second kappa shape index (κ2) is 6.57. The lowest BCUT2D eigenvalue weighted by Crippen LogP contribution is -2.17. The highest BCUT2D eigenvalue weighted by Gasteiger charge is 2.01. The monoisotopic (exact) mass is 282 g/mol. The Labute approximate surface area is 124 Å². The first-order chi connectivity index (χ1) is 10.1. The summed E-state index contributed by atoms with van der Waals surface area (Å²) in [5, 5.41) is 12.9. The summed E-state index contributed by atoms with van der Waals surface area (Å²) in [4.78, 5) is 6.13. The van der Waals surface area contributed by atoms with Crippen molar-refractivity contribution >= 4 is 17.9 Å². The van der Waals surface area contributed by atoms with E-state index in [4.69, 9.17) is 11.0 Å². The van der Waals surface area contributed by atoms with Crippen LogP contribution >= 0.6 is 0 Å². The number of aryl methyl sites for hydroxylation is 1. The summed E-state index contributed by atoms with van der Waals surface area (Å²) in [5.41, 5.74) is 8.59. The van der Waals surface area contributed by atoms with Gasteiger partial charge in [0, 0.05) is 19.3 Å². The quantitative estimate of drug-likeness (QED) is 0.850. The van der Waals surface area contributed by atoms with E-state index >= 15 is 0 Å². The van der Waals surface area contributed by atoms with E-state index in [9.17, 15) is 0 Å². The van der Waals surface area contributed by atoms with E-state index in [0.29, 0.717) is 12.4 Å². The van der Waals surface area contributed by atoms with Gasteiger partial charge in [-0.3, -0.25) is 0 Å². The molecule has 0 radical (unpaired) electrons. The Morgan fingerprint density at radius 2 is 2.14 bits per heavy atom. The molecule has 0 unspecified atom stereocenters. The number of nitrogens with zero attached hydrogens (tertiary/aromatic N) is 5. The second-order valence-corrected chi connectivity index (χ2v) is 4.75. The Bertz CT molecular complexity index is 662. The Balaban J connectivity index is 2.06. The van der Waals surface area contributed by atoms with Gasteiger partial charge in [0.25, 0.3) is 0 Å². The van der Waals surface area contributed by atoms with Crippen LogP contribution in [0, 0.1) is 18.3 Å². The minimum absolute atomic E-state index is 0.372. The lowest BCUT2D eigenvalue weighted by Gasteiger charge is -2.17. The van der Waals surface area contributed by atoms with Crippen LogP contribution in [0.3, 0.4) is 0 Å². The first-order valence-corrected chi connectivity index (χ1v) is 6.64. The normalized spacial score (nSPS) is 10.7. The highest BCUT2D eigenvalue weighted by molar-refractivity contribution is 5.80. The predicted molar refractivity (Wildman–Crippen MR) is 84.3 cm³/mol. The Morgan fingerprint density at radius 1 is 1.43 bits per heavy atom. The maximum Gasteiger partial charge on any atom is 0.221 e. The predicted octanol–water partition coefficient (Wildman–Crippen LogP) is 2.01. The number of anilines is 2. The molecule has 0 saturated carbocycles. The van der Waals surface area contributed by atoms with Gasteiger partial charge in [-0.25, -0.2) is 9.66 Å². The first kappa shape index (κ1) is 14.6. The van der Waals surface area contributed by atoms with E-state index in [1.54, 1.807) is 17.1 Å². The van der Waals surface area contributed by atoms with Crippen molar-refractivity contribution in [3.8, 4) is 6.07 Å². The van der Waals surface area contributed by atoms with E-state index < -0.39 is 0 Å². The third-order valence-corrected chi connectivity index (χ3v) is 3.06. The van der Waals surface area contributed by atoms with Crippen molar-refractivity contribution in [1.29, 1.82) is 5.26 Å². The van der Waals surface area contributed by atoms with E-state index in [1.165, 1.54) is 0 Å². The minimum atomic E-state index is 0.372. The molecule has 1 aromatic heterocycles. The molecule has 0 fully saturated rings. The fourth-order valence-electron chi connectivity index (χ4n) is 1.89. The third kappa shape index (κ3) is 3.83. The van der Waals surface area contributed by atoms with Crippen molar-refractivity contribution in [3.05, 3.63) is 41.7 Å². The van der Waals surface area contributed by atoms with Crippen LogP contribution in [-0.4, -0.2) is 29.5 Å². The van der Waals surface area contributed by atoms with Gasteiger partial charge in [-0.2, -0.15) is 10.4 Å². The third-order valence-electron chi connectivity index (χ3n) is 3.06. The number of rotatable bonds is 5. The molecule has 0 atom stereocenters. The van der Waals surface area contributed by atoms with Crippen molar-refractivity contribution in [1.82, 2.24) is 9.66 Å². The molecule has 0 saturated heterocycles. The molecule has 108 valence electrons. The van der Waals surface area contributed by atoms with Gasteiger partial charge in [0.15, 0.2) is 0 Å². The maximum atomic E-state index is 8.60. The van der Waals surface area contributed by atoms with Crippen molar-refractivity contribution in [2.45, 2.75) is 13.3 Å². The summed E-state index contributed by atoms with van der Waals surface area (Å²) >= 11 is 0. The van der Waals surface area contributed by atoms with Gasteiger partial charge in [-0.1, -0.05) is 12.1 Å². The van der Waals surface area contributed by atoms with Crippen LogP contribution in [0.1, 0.15) is 17.7 Å². The molecule has 21 heavy (non-hydrogen) atoms. The van der Waals surface area contributed by atoms with Gasteiger partial charge in [0.1, 0.15) is 0 Å². The molecule has 0 aliphatic heterocycles. The summed E-state index contributed by atoms with van der Waals surface area (Å²) in [7, 11) is 1.97. The molecule has 2 N–H and O–H groups in total. The molecule has 1 heterocycles. The van der Waals surface area contributed by atoms with Crippen LogP contribution in [0.2, 0.25) is 0 Å². The molecular weight excluding hydrogens is 264 g/mol. The summed E-state index contributed by atoms with van der Waals surface area (Å²) in [5.74, 6) is 0.372.